The molecule has 1 heterocycles. The van der Waals surface area contributed by atoms with Gasteiger partial charge in [-0.2, -0.15) is 5.01 Å². The third-order valence-electron chi connectivity index (χ3n) is 0.894. The maximum absolute atomic E-state index is 10.8. The van der Waals surface area contributed by atoms with E-state index >= 15 is 0 Å². The maximum Gasteiger partial charge on any atom is 0.431 e. The second kappa shape index (κ2) is 4.81. The summed E-state index contributed by atoms with van der Waals surface area (Å²) in [6.45, 7) is 2.09. The Kier molecular flexibility index (Phi) is 4.40. The molecule has 0 unspecified atom stereocenters. The lowest BCUT2D eigenvalue weighted by Crippen LogP contribution is -2.34. The fourth-order valence-electron chi connectivity index (χ4n) is 0.500. The van der Waals surface area contributed by atoms with Crippen LogP contribution < -0.4 is 5.59 Å². The van der Waals surface area contributed by atoms with Gasteiger partial charge in [-0.25, -0.2) is 4.79 Å². The minimum absolute atomic E-state index is 0. The van der Waals surface area contributed by atoms with E-state index in [0.717, 1.165) is 5.01 Å². The molecule has 1 N–H and O–H groups in total. The second-order valence-electron chi connectivity index (χ2n) is 1.56. The third kappa shape index (κ3) is 2.65. The van der Waals surface area contributed by atoms with Crippen molar-refractivity contribution < 1.29 is 14.4 Å². The topological polar surface area (TPSA) is 50.8 Å². The highest BCUT2D eigenvalue weighted by Gasteiger charge is 2.14. The smallest absolute Gasteiger partial charge is 0.431 e. The highest BCUT2D eigenvalue weighted by molar-refractivity contribution is 5.85. The summed E-state index contributed by atoms with van der Waals surface area (Å²) >= 11 is 0. The lowest BCUT2D eigenvalue weighted by atomic mass is 10.8. The number of hydrazine groups is 1. The van der Waals surface area contributed by atoms with Crippen molar-refractivity contribution in [3.63, 3.8) is 0 Å². The first-order valence-electron chi connectivity index (χ1n) is 2.88. The van der Waals surface area contributed by atoms with Crippen molar-refractivity contribution in [2.24, 2.45) is 0 Å². The molecule has 1 aliphatic rings. The third-order valence-corrected chi connectivity index (χ3v) is 0.894. The predicted octanol–water partition coefficient (Wildman–Crippen LogP) is 0.788. The minimum atomic E-state index is -0.476. The van der Waals surface area contributed by atoms with E-state index in [2.05, 4.69) is 15.2 Å². The molecule has 1 amide bonds. The number of nitrogens with one attached hydrogen (secondary N) is 1. The number of amides is 1. The van der Waals surface area contributed by atoms with Gasteiger partial charge in [0.15, 0.2) is 0 Å². The first kappa shape index (κ1) is 10.1. The molecule has 11 heavy (non-hydrogen) atoms. The molecule has 0 aromatic carbocycles. The van der Waals surface area contributed by atoms with Crippen LogP contribution in [0.1, 0.15) is 6.92 Å². The first-order chi connectivity index (χ1) is 4.84. The standard InChI is InChI=1S/C5H8N2O3.ClH/c1-2-9-5(8)7-3-4-10-6-7;/h3-4,6H,2H2,1H3;1H. The Balaban J connectivity index is 0.000001000. The molecule has 5 nitrogen and oxygen atoms in total. The van der Waals surface area contributed by atoms with Gasteiger partial charge in [0.2, 0.25) is 0 Å². The summed E-state index contributed by atoms with van der Waals surface area (Å²) in [6, 6.07) is 0. The Labute approximate surface area is 70.3 Å². The molecule has 0 fully saturated rings. The molecule has 0 aliphatic carbocycles. The van der Waals surface area contributed by atoms with Crippen molar-refractivity contribution >= 4 is 18.5 Å². The van der Waals surface area contributed by atoms with Crippen molar-refractivity contribution in [2.45, 2.75) is 6.92 Å². The summed E-state index contributed by atoms with van der Waals surface area (Å²) in [7, 11) is 0. The fourth-order valence-corrected chi connectivity index (χ4v) is 0.500. The molecule has 0 saturated carbocycles. The Morgan fingerprint density at radius 3 is 3.00 bits per heavy atom. The van der Waals surface area contributed by atoms with Crippen molar-refractivity contribution in [3.05, 3.63) is 12.5 Å². The van der Waals surface area contributed by atoms with Crippen LogP contribution in [0.2, 0.25) is 0 Å². The highest BCUT2D eigenvalue weighted by Crippen LogP contribution is 1.96. The lowest BCUT2D eigenvalue weighted by molar-refractivity contribution is 0.0260. The minimum Gasteiger partial charge on any atom is -0.448 e. The SMILES string of the molecule is CCOC(=O)N1C=CON1.Cl. The second-order valence-corrected chi connectivity index (χ2v) is 1.56. The van der Waals surface area contributed by atoms with E-state index < -0.39 is 6.09 Å². The van der Waals surface area contributed by atoms with E-state index in [1.54, 1.807) is 6.92 Å². The summed E-state index contributed by atoms with van der Waals surface area (Å²) in [5, 5.41) is 1.10. The lowest BCUT2D eigenvalue weighted by Gasteiger charge is -2.10. The van der Waals surface area contributed by atoms with Gasteiger partial charge in [0.05, 0.1) is 12.8 Å². The average molecular weight is 181 g/mol. The maximum atomic E-state index is 10.8. The van der Waals surface area contributed by atoms with E-state index in [1.807, 2.05) is 0 Å². The molecular weight excluding hydrogens is 172 g/mol. The van der Waals surface area contributed by atoms with Gasteiger partial charge in [0.1, 0.15) is 6.26 Å². The zero-order chi connectivity index (χ0) is 7.40. The molecular formula is C5H9ClN2O3. The molecule has 0 saturated heterocycles. The number of hydrogen-bond acceptors (Lipinski definition) is 4. The normalized spacial score (nSPS) is 13.7. The molecule has 6 heteroatoms. The largest absolute Gasteiger partial charge is 0.448 e. The van der Waals surface area contributed by atoms with E-state index in [1.165, 1.54) is 12.5 Å². The van der Waals surface area contributed by atoms with Gasteiger partial charge < -0.3 is 9.57 Å². The molecule has 0 bridgehead atoms. The van der Waals surface area contributed by atoms with Gasteiger partial charge in [-0.1, -0.05) is 5.59 Å². The quantitative estimate of drug-likeness (QED) is 0.648. The van der Waals surface area contributed by atoms with Crippen molar-refractivity contribution in [1.29, 1.82) is 0 Å². The van der Waals surface area contributed by atoms with Crippen molar-refractivity contribution in [2.75, 3.05) is 6.61 Å². The number of rotatable bonds is 1. The molecule has 0 atom stereocenters. The van der Waals surface area contributed by atoms with Crippen LogP contribution in [0, 0.1) is 0 Å². The van der Waals surface area contributed by atoms with Gasteiger partial charge in [-0.05, 0) is 6.92 Å². The zero-order valence-electron chi connectivity index (χ0n) is 5.94. The van der Waals surface area contributed by atoms with Crippen LogP contribution in [0.3, 0.4) is 0 Å². The van der Waals surface area contributed by atoms with E-state index in [4.69, 9.17) is 0 Å². The van der Waals surface area contributed by atoms with Crippen LogP contribution in [0.4, 0.5) is 4.79 Å². The van der Waals surface area contributed by atoms with Crippen molar-refractivity contribution in [3.8, 4) is 0 Å². The molecule has 64 valence electrons. The monoisotopic (exact) mass is 180 g/mol. The van der Waals surface area contributed by atoms with Crippen LogP contribution in [0.5, 0.6) is 0 Å². The van der Waals surface area contributed by atoms with E-state index in [-0.39, 0.29) is 12.4 Å². The summed E-state index contributed by atoms with van der Waals surface area (Å²) in [6.07, 6.45) is 2.30. The molecule has 0 spiro atoms. The van der Waals surface area contributed by atoms with Crippen molar-refractivity contribution in [1.82, 2.24) is 10.6 Å². The number of halogens is 1. The predicted molar refractivity (Wildman–Crippen MR) is 39.5 cm³/mol. The van der Waals surface area contributed by atoms with Crippen LogP contribution in [-0.2, 0) is 9.57 Å². The number of hydrogen-bond donors (Lipinski definition) is 1. The summed E-state index contributed by atoms with van der Waals surface area (Å²) in [5.41, 5.74) is 2.29. The molecule has 0 radical (unpaired) electrons. The Bertz CT molecular complexity index is 162. The number of ether oxygens (including phenoxy) is 1. The molecule has 1 aliphatic heterocycles. The van der Waals surface area contributed by atoms with Crippen LogP contribution in [0.25, 0.3) is 0 Å². The fraction of sp³-hybridized carbons (Fsp3) is 0.400. The van der Waals surface area contributed by atoms with E-state index in [9.17, 15) is 4.79 Å². The van der Waals surface area contributed by atoms with Gasteiger partial charge in [0, 0.05) is 0 Å². The molecule has 0 aromatic heterocycles. The number of carbonyl (C=O) groups excluding carboxylic acids is 1. The molecule has 1 rings (SSSR count). The Morgan fingerprint density at radius 2 is 2.55 bits per heavy atom. The van der Waals surface area contributed by atoms with Crippen LogP contribution >= 0.6 is 12.4 Å². The van der Waals surface area contributed by atoms with Gasteiger partial charge in [-0.3, -0.25) is 0 Å². The number of nitrogens with zero attached hydrogens (tertiary/aromatic N) is 1. The highest BCUT2D eigenvalue weighted by atomic mass is 35.5. The summed E-state index contributed by atoms with van der Waals surface area (Å²) < 4.78 is 4.62. The Hall–Kier alpha value is -0.940. The summed E-state index contributed by atoms with van der Waals surface area (Å²) in [5.74, 6) is 0. The van der Waals surface area contributed by atoms with E-state index in [0.29, 0.717) is 6.61 Å². The van der Waals surface area contributed by atoms with Crippen LogP contribution in [-0.4, -0.2) is 17.7 Å². The molecule has 0 aromatic rings. The summed E-state index contributed by atoms with van der Waals surface area (Å²) in [4.78, 5) is 15.3. The van der Waals surface area contributed by atoms with Gasteiger partial charge in [-0.15, -0.1) is 12.4 Å². The Morgan fingerprint density at radius 1 is 1.82 bits per heavy atom. The average Bonchev–Trinajstić information content (AvgIpc) is 2.38. The first-order valence-corrected chi connectivity index (χ1v) is 2.88. The van der Waals surface area contributed by atoms with Gasteiger partial charge >= 0.3 is 6.09 Å². The van der Waals surface area contributed by atoms with Crippen LogP contribution in [0.15, 0.2) is 12.5 Å². The number of carbonyl (C=O) groups is 1. The van der Waals surface area contributed by atoms with Gasteiger partial charge in [0.25, 0.3) is 0 Å². The zero-order valence-corrected chi connectivity index (χ0v) is 6.76.